The van der Waals surface area contributed by atoms with Crippen molar-refractivity contribution in [1.82, 2.24) is 0 Å². The van der Waals surface area contributed by atoms with E-state index in [1.54, 1.807) is 19.2 Å². The number of halogens is 5. The minimum absolute atomic E-state index is 0.347. The van der Waals surface area contributed by atoms with Crippen LogP contribution in [-0.2, 0) is 6.18 Å². The predicted octanol–water partition coefficient (Wildman–Crippen LogP) is 5.96. The van der Waals surface area contributed by atoms with Gasteiger partial charge in [0.15, 0.2) is 0 Å². The van der Waals surface area contributed by atoms with E-state index in [-0.39, 0.29) is 4.83 Å². The van der Waals surface area contributed by atoms with Crippen molar-refractivity contribution in [2.45, 2.75) is 11.0 Å². The highest BCUT2D eigenvalue weighted by Gasteiger charge is 2.31. The summed E-state index contributed by atoms with van der Waals surface area (Å²) in [5, 5.41) is 0. The van der Waals surface area contributed by atoms with Crippen molar-refractivity contribution in [3.05, 3.63) is 63.6 Å². The molecular weight excluding hydrogens is 413 g/mol. The molecule has 0 amide bonds. The molecule has 112 valence electrons. The molecule has 0 aromatic heterocycles. The van der Waals surface area contributed by atoms with Crippen LogP contribution in [0.3, 0.4) is 0 Å². The summed E-state index contributed by atoms with van der Waals surface area (Å²) in [6.07, 6.45) is -4.36. The minimum Gasteiger partial charge on any atom is -0.497 e. The quantitative estimate of drug-likeness (QED) is 0.553. The molecule has 1 nitrogen and oxygen atoms in total. The Labute approximate surface area is 137 Å². The van der Waals surface area contributed by atoms with E-state index in [0.29, 0.717) is 15.8 Å². The van der Waals surface area contributed by atoms with Crippen molar-refractivity contribution in [2.24, 2.45) is 0 Å². The number of benzene rings is 2. The van der Waals surface area contributed by atoms with Crippen LogP contribution >= 0.6 is 31.9 Å². The third-order valence-electron chi connectivity index (χ3n) is 3.00. The lowest BCUT2D eigenvalue weighted by Gasteiger charge is -2.16. The van der Waals surface area contributed by atoms with Gasteiger partial charge < -0.3 is 4.74 Å². The van der Waals surface area contributed by atoms with E-state index in [2.05, 4.69) is 31.9 Å². The summed E-state index contributed by atoms with van der Waals surface area (Å²) in [5.41, 5.74) is 0.699. The molecular formula is C15H11Br2F3O. The third-order valence-corrected chi connectivity index (χ3v) is 4.75. The molecule has 2 rings (SSSR count). The second kappa shape index (κ2) is 6.40. The average Bonchev–Trinajstić information content (AvgIpc) is 2.46. The number of alkyl halides is 4. The lowest BCUT2D eigenvalue weighted by molar-refractivity contribution is -0.137. The Bertz CT molecular complexity index is 624. The molecule has 0 bridgehead atoms. The monoisotopic (exact) mass is 422 g/mol. The van der Waals surface area contributed by atoms with E-state index < -0.39 is 11.7 Å². The molecule has 0 radical (unpaired) electrons. The fraction of sp³-hybridized carbons (Fsp3) is 0.200. The van der Waals surface area contributed by atoms with Crippen molar-refractivity contribution in [3.63, 3.8) is 0 Å². The van der Waals surface area contributed by atoms with Crippen molar-refractivity contribution in [2.75, 3.05) is 7.11 Å². The Hall–Kier alpha value is -1.01. The second-order valence-electron chi connectivity index (χ2n) is 4.37. The van der Waals surface area contributed by atoms with Gasteiger partial charge in [0.2, 0.25) is 0 Å². The number of ether oxygens (including phenoxy) is 1. The number of hydrogen-bond donors (Lipinski definition) is 0. The van der Waals surface area contributed by atoms with Gasteiger partial charge in [-0.15, -0.1) is 0 Å². The molecule has 1 unspecified atom stereocenters. The van der Waals surface area contributed by atoms with Gasteiger partial charge >= 0.3 is 6.18 Å². The normalized spacial score (nSPS) is 13.0. The lowest BCUT2D eigenvalue weighted by atomic mass is 10.0. The van der Waals surface area contributed by atoms with Gasteiger partial charge in [-0.1, -0.05) is 44.0 Å². The minimum atomic E-state index is -4.36. The van der Waals surface area contributed by atoms with Crippen LogP contribution in [0, 0.1) is 0 Å². The molecule has 1 atom stereocenters. The average molecular weight is 424 g/mol. The second-order valence-corrected chi connectivity index (χ2v) is 6.14. The summed E-state index contributed by atoms with van der Waals surface area (Å²) in [5.74, 6) is 0.696. The first-order valence-electron chi connectivity index (χ1n) is 5.97. The summed E-state index contributed by atoms with van der Waals surface area (Å²) in [7, 11) is 1.56. The highest BCUT2D eigenvalue weighted by atomic mass is 79.9. The van der Waals surface area contributed by atoms with Gasteiger partial charge in [0.05, 0.1) is 17.5 Å². The predicted molar refractivity (Wildman–Crippen MR) is 82.9 cm³/mol. The molecule has 0 aliphatic heterocycles. The van der Waals surface area contributed by atoms with E-state index in [1.165, 1.54) is 6.07 Å². The van der Waals surface area contributed by atoms with Crippen LogP contribution in [0.15, 0.2) is 46.9 Å². The molecule has 0 saturated heterocycles. The summed E-state index contributed by atoms with van der Waals surface area (Å²) in [4.78, 5) is -0.347. The first-order chi connectivity index (χ1) is 9.82. The maximum absolute atomic E-state index is 12.8. The van der Waals surface area contributed by atoms with Crippen LogP contribution in [-0.4, -0.2) is 7.11 Å². The summed E-state index contributed by atoms with van der Waals surface area (Å²) >= 11 is 6.76. The highest BCUT2D eigenvalue weighted by Crippen LogP contribution is 2.39. The molecule has 21 heavy (non-hydrogen) atoms. The molecule has 0 N–H and O–H groups in total. The Balaban J connectivity index is 2.39. The Kier molecular flexibility index (Phi) is 4.99. The Morgan fingerprint density at radius 3 is 2.19 bits per heavy atom. The lowest BCUT2D eigenvalue weighted by Crippen LogP contribution is -2.06. The molecule has 0 saturated carbocycles. The van der Waals surface area contributed by atoms with Crippen LogP contribution in [0.1, 0.15) is 21.5 Å². The van der Waals surface area contributed by atoms with Gasteiger partial charge in [-0.2, -0.15) is 13.2 Å². The van der Waals surface area contributed by atoms with Gasteiger partial charge in [0, 0.05) is 4.47 Å². The SMILES string of the molecule is COc1ccc(C(Br)c2cc(C(F)(F)F)ccc2Br)cc1. The molecule has 0 aliphatic rings. The first kappa shape index (κ1) is 16.4. The van der Waals surface area contributed by atoms with E-state index >= 15 is 0 Å². The molecule has 2 aromatic carbocycles. The third kappa shape index (κ3) is 3.80. The number of methoxy groups -OCH3 is 1. The van der Waals surface area contributed by atoms with Crippen molar-refractivity contribution >= 4 is 31.9 Å². The van der Waals surface area contributed by atoms with Crippen LogP contribution in [0.5, 0.6) is 5.75 Å². The molecule has 0 spiro atoms. The zero-order valence-corrected chi connectivity index (χ0v) is 14.1. The van der Waals surface area contributed by atoms with Crippen LogP contribution < -0.4 is 4.74 Å². The van der Waals surface area contributed by atoms with Crippen LogP contribution in [0.2, 0.25) is 0 Å². The molecule has 0 heterocycles. The standard InChI is InChI=1S/C15H11Br2F3O/c1-21-11-5-2-9(3-6-11)14(17)12-8-10(15(18,19)20)4-7-13(12)16/h2-8,14H,1H3. The maximum atomic E-state index is 12.8. The van der Waals surface area contributed by atoms with Gasteiger partial charge in [-0.05, 0) is 41.5 Å². The van der Waals surface area contributed by atoms with Crippen LogP contribution in [0.4, 0.5) is 13.2 Å². The largest absolute Gasteiger partial charge is 0.497 e. The highest BCUT2D eigenvalue weighted by molar-refractivity contribution is 9.11. The Morgan fingerprint density at radius 1 is 1.05 bits per heavy atom. The van der Waals surface area contributed by atoms with Gasteiger partial charge in [0.25, 0.3) is 0 Å². The summed E-state index contributed by atoms with van der Waals surface area (Å²) < 4.78 is 44.1. The topological polar surface area (TPSA) is 9.23 Å². The zero-order chi connectivity index (χ0) is 15.6. The van der Waals surface area contributed by atoms with E-state index in [0.717, 1.165) is 17.7 Å². The van der Waals surface area contributed by atoms with E-state index in [4.69, 9.17) is 4.74 Å². The zero-order valence-electron chi connectivity index (χ0n) is 10.9. The molecule has 0 aliphatic carbocycles. The van der Waals surface area contributed by atoms with Crippen molar-refractivity contribution < 1.29 is 17.9 Å². The van der Waals surface area contributed by atoms with Gasteiger partial charge in [-0.25, -0.2) is 0 Å². The van der Waals surface area contributed by atoms with Crippen molar-refractivity contribution in [3.8, 4) is 5.75 Å². The fourth-order valence-corrected chi connectivity index (χ4v) is 3.33. The smallest absolute Gasteiger partial charge is 0.416 e. The van der Waals surface area contributed by atoms with Crippen molar-refractivity contribution in [1.29, 1.82) is 0 Å². The van der Waals surface area contributed by atoms with Gasteiger partial charge in [0.1, 0.15) is 5.75 Å². The number of hydrogen-bond acceptors (Lipinski definition) is 1. The fourth-order valence-electron chi connectivity index (χ4n) is 1.87. The summed E-state index contributed by atoms with van der Waals surface area (Å²) in [6.45, 7) is 0. The number of rotatable bonds is 3. The van der Waals surface area contributed by atoms with E-state index in [1.807, 2.05) is 12.1 Å². The Morgan fingerprint density at radius 2 is 1.67 bits per heavy atom. The maximum Gasteiger partial charge on any atom is 0.416 e. The summed E-state index contributed by atoms with van der Waals surface area (Å²) in [6, 6.07) is 10.8. The molecule has 2 aromatic rings. The van der Waals surface area contributed by atoms with E-state index in [9.17, 15) is 13.2 Å². The molecule has 0 fully saturated rings. The van der Waals surface area contributed by atoms with Gasteiger partial charge in [-0.3, -0.25) is 0 Å². The van der Waals surface area contributed by atoms with Crippen LogP contribution in [0.25, 0.3) is 0 Å². The molecule has 6 heteroatoms. The first-order valence-corrected chi connectivity index (χ1v) is 7.68.